The highest BCUT2D eigenvalue weighted by atomic mass is 79.9. The summed E-state index contributed by atoms with van der Waals surface area (Å²) in [7, 11) is 0. The highest BCUT2D eigenvalue weighted by molar-refractivity contribution is 9.10. The van der Waals surface area contributed by atoms with Gasteiger partial charge in [0.25, 0.3) is 0 Å². The third-order valence-corrected chi connectivity index (χ3v) is 3.37. The van der Waals surface area contributed by atoms with Gasteiger partial charge in [0.05, 0.1) is 22.3 Å². The molecule has 2 aromatic rings. The number of hydrogen-bond acceptors (Lipinski definition) is 4. The summed E-state index contributed by atoms with van der Waals surface area (Å²) >= 11 is 3.34. The van der Waals surface area contributed by atoms with E-state index in [9.17, 15) is 0 Å². The van der Waals surface area contributed by atoms with Crippen molar-refractivity contribution >= 4 is 15.9 Å². The van der Waals surface area contributed by atoms with Crippen LogP contribution < -0.4 is 5.32 Å². The van der Waals surface area contributed by atoms with Crippen LogP contribution in [0.1, 0.15) is 45.1 Å². The van der Waals surface area contributed by atoms with Crippen LogP contribution in [0.25, 0.3) is 0 Å². The average Bonchev–Trinajstić information content (AvgIpc) is 2.85. The lowest BCUT2D eigenvalue weighted by Gasteiger charge is -2.18. The summed E-state index contributed by atoms with van der Waals surface area (Å²) in [5, 5.41) is 7.79. The average molecular weight is 338 g/mol. The van der Waals surface area contributed by atoms with Crippen molar-refractivity contribution in [2.24, 2.45) is 0 Å². The van der Waals surface area contributed by atoms with E-state index in [1.54, 1.807) is 12.4 Å². The maximum Gasteiger partial charge on any atom is 0.144 e. The minimum atomic E-state index is 0.0126. The second-order valence-electron chi connectivity index (χ2n) is 5.83. The summed E-state index contributed by atoms with van der Waals surface area (Å²) in [6.45, 7) is 9.20. The first-order valence-electron chi connectivity index (χ1n) is 6.61. The molecular weight excluding hydrogens is 318 g/mol. The van der Waals surface area contributed by atoms with E-state index in [1.165, 1.54) is 0 Å². The molecule has 1 atom stereocenters. The molecule has 0 saturated carbocycles. The van der Waals surface area contributed by atoms with Gasteiger partial charge in [0.1, 0.15) is 5.82 Å². The molecule has 6 heteroatoms. The SMILES string of the molecule is CC(NCc1cnn(C(C)(C)C)c1)c1ncc(Br)cn1. The van der Waals surface area contributed by atoms with Crippen molar-refractivity contribution < 1.29 is 0 Å². The van der Waals surface area contributed by atoms with Crippen molar-refractivity contribution in [1.29, 1.82) is 0 Å². The Morgan fingerprint density at radius 3 is 2.45 bits per heavy atom. The van der Waals surface area contributed by atoms with Crippen molar-refractivity contribution in [3.8, 4) is 0 Å². The van der Waals surface area contributed by atoms with E-state index >= 15 is 0 Å². The van der Waals surface area contributed by atoms with Gasteiger partial charge < -0.3 is 5.32 Å². The highest BCUT2D eigenvalue weighted by Crippen LogP contribution is 2.14. The lowest BCUT2D eigenvalue weighted by Crippen LogP contribution is -2.22. The van der Waals surface area contributed by atoms with Gasteiger partial charge in [-0.3, -0.25) is 4.68 Å². The first-order valence-corrected chi connectivity index (χ1v) is 7.40. The number of halogens is 1. The molecule has 0 spiro atoms. The van der Waals surface area contributed by atoms with E-state index in [0.717, 1.165) is 22.4 Å². The molecule has 2 rings (SSSR count). The van der Waals surface area contributed by atoms with Gasteiger partial charge in [0.2, 0.25) is 0 Å². The standard InChI is InChI=1S/C14H20BrN5/c1-10(13-17-7-12(15)8-18-13)16-5-11-6-19-20(9-11)14(2,3)4/h6-10,16H,5H2,1-4H3. The van der Waals surface area contributed by atoms with Gasteiger partial charge in [-0.05, 0) is 43.6 Å². The van der Waals surface area contributed by atoms with Crippen molar-refractivity contribution in [2.45, 2.75) is 45.8 Å². The van der Waals surface area contributed by atoms with Gasteiger partial charge in [0.15, 0.2) is 0 Å². The summed E-state index contributed by atoms with van der Waals surface area (Å²) < 4.78 is 2.87. The van der Waals surface area contributed by atoms with Crippen LogP contribution in [-0.2, 0) is 12.1 Å². The quantitative estimate of drug-likeness (QED) is 0.931. The fourth-order valence-corrected chi connectivity index (χ4v) is 1.93. The molecule has 0 aliphatic carbocycles. The summed E-state index contributed by atoms with van der Waals surface area (Å²) in [5.41, 5.74) is 1.17. The van der Waals surface area contributed by atoms with Crippen LogP contribution in [0, 0.1) is 0 Å². The Morgan fingerprint density at radius 1 is 1.25 bits per heavy atom. The molecule has 0 radical (unpaired) electrons. The highest BCUT2D eigenvalue weighted by Gasteiger charge is 2.14. The molecular formula is C14H20BrN5. The van der Waals surface area contributed by atoms with Crippen LogP contribution in [0.5, 0.6) is 0 Å². The normalized spacial score (nSPS) is 13.4. The zero-order valence-corrected chi connectivity index (χ0v) is 13.8. The molecule has 0 aromatic carbocycles. The van der Waals surface area contributed by atoms with Crippen molar-refractivity contribution in [3.63, 3.8) is 0 Å². The molecule has 2 aromatic heterocycles. The number of nitrogens with one attached hydrogen (secondary N) is 1. The number of rotatable bonds is 4. The first kappa shape index (κ1) is 15.1. The van der Waals surface area contributed by atoms with Crippen LogP contribution in [0.2, 0.25) is 0 Å². The fraction of sp³-hybridized carbons (Fsp3) is 0.500. The summed E-state index contributed by atoms with van der Waals surface area (Å²) in [6.07, 6.45) is 7.49. The summed E-state index contributed by atoms with van der Waals surface area (Å²) in [4.78, 5) is 8.59. The van der Waals surface area contributed by atoms with Gasteiger partial charge in [-0.2, -0.15) is 5.10 Å². The van der Waals surface area contributed by atoms with Crippen LogP contribution in [-0.4, -0.2) is 19.7 Å². The molecule has 0 bridgehead atoms. The van der Waals surface area contributed by atoms with Crippen LogP contribution in [0.4, 0.5) is 0 Å². The Kier molecular flexibility index (Phi) is 4.55. The first-order chi connectivity index (χ1) is 9.36. The number of nitrogens with zero attached hydrogens (tertiary/aromatic N) is 4. The van der Waals surface area contributed by atoms with Crippen LogP contribution >= 0.6 is 15.9 Å². The van der Waals surface area contributed by atoms with E-state index in [-0.39, 0.29) is 11.6 Å². The van der Waals surface area contributed by atoms with Gasteiger partial charge in [-0.15, -0.1) is 0 Å². The third-order valence-electron chi connectivity index (χ3n) is 2.96. The summed E-state index contributed by atoms with van der Waals surface area (Å²) in [6, 6.07) is 0.0982. The minimum Gasteiger partial charge on any atom is -0.303 e. The van der Waals surface area contributed by atoms with E-state index in [2.05, 4.69) is 70.2 Å². The monoisotopic (exact) mass is 337 g/mol. The lowest BCUT2D eigenvalue weighted by atomic mass is 10.1. The maximum absolute atomic E-state index is 4.39. The van der Waals surface area contributed by atoms with E-state index in [4.69, 9.17) is 0 Å². The van der Waals surface area contributed by atoms with Gasteiger partial charge in [0, 0.05) is 30.7 Å². The number of aromatic nitrogens is 4. The molecule has 2 heterocycles. The molecule has 0 aliphatic heterocycles. The van der Waals surface area contributed by atoms with Crippen molar-refractivity contribution in [3.05, 3.63) is 40.6 Å². The molecule has 0 aliphatic rings. The van der Waals surface area contributed by atoms with Gasteiger partial charge in [-0.1, -0.05) is 0 Å². The second-order valence-corrected chi connectivity index (χ2v) is 6.74. The topological polar surface area (TPSA) is 55.6 Å². The summed E-state index contributed by atoms with van der Waals surface area (Å²) in [5.74, 6) is 0.788. The fourth-order valence-electron chi connectivity index (χ4n) is 1.73. The Labute approximate surface area is 128 Å². The zero-order valence-electron chi connectivity index (χ0n) is 12.3. The predicted molar refractivity (Wildman–Crippen MR) is 82.2 cm³/mol. The zero-order chi connectivity index (χ0) is 14.8. The van der Waals surface area contributed by atoms with Gasteiger partial charge >= 0.3 is 0 Å². The minimum absolute atomic E-state index is 0.0126. The Balaban J connectivity index is 1.95. The van der Waals surface area contributed by atoms with E-state index < -0.39 is 0 Å². The van der Waals surface area contributed by atoms with E-state index in [0.29, 0.717) is 0 Å². The second kappa shape index (κ2) is 6.01. The molecule has 0 amide bonds. The molecule has 1 unspecified atom stereocenters. The lowest BCUT2D eigenvalue weighted by molar-refractivity contribution is 0.355. The molecule has 108 valence electrons. The van der Waals surface area contributed by atoms with Crippen LogP contribution in [0.3, 0.4) is 0 Å². The smallest absolute Gasteiger partial charge is 0.144 e. The third kappa shape index (κ3) is 3.86. The molecule has 0 saturated heterocycles. The maximum atomic E-state index is 4.39. The van der Waals surface area contributed by atoms with Crippen molar-refractivity contribution in [1.82, 2.24) is 25.1 Å². The largest absolute Gasteiger partial charge is 0.303 e. The molecule has 5 nitrogen and oxygen atoms in total. The molecule has 20 heavy (non-hydrogen) atoms. The Hall–Kier alpha value is -1.27. The molecule has 0 fully saturated rings. The predicted octanol–water partition coefficient (Wildman–Crippen LogP) is 3.04. The molecule has 1 N–H and O–H groups in total. The van der Waals surface area contributed by atoms with Crippen molar-refractivity contribution in [2.75, 3.05) is 0 Å². The number of hydrogen-bond donors (Lipinski definition) is 1. The van der Waals surface area contributed by atoms with Gasteiger partial charge in [-0.25, -0.2) is 9.97 Å². The van der Waals surface area contributed by atoms with Crippen LogP contribution in [0.15, 0.2) is 29.3 Å². The van der Waals surface area contributed by atoms with E-state index in [1.807, 2.05) is 10.9 Å². The Bertz CT molecular complexity index is 556. The Morgan fingerprint density at radius 2 is 1.90 bits per heavy atom.